The smallest absolute Gasteiger partial charge is 0.222 e. The van der Waals surface area contributed by atoms with Crippen LogP contribution in [0.1, 0.15) is 47.3 Å². The quantitative estimate of drug-likeness (QED) is 0.173. The Morgan fingerprint density at radius 3 is 2.10 bits per heavy atom. The van der Waals surface area contributed by atoms with Gasteiger partial charge < -0.3 is 23.7 Å². The average molecular weight is 571 g/mol. The van der Waals surface area contributed by atoms with E-state index in [0.29, 0.717) is 39.3 Å². The largest absolute Gasteiger partial charge is 0.494 e. The van der Waals surface area contributed by atoms with Crippen molar-refractivity contribution in [1.29, 1.82) is 0 Å². The lowest BCUT2D eigenvalue weighted by molar-refractivity contribution is -0.252. The van der Waals surface area contributed by atoms with Gasteiger partial charge in [-0.2, -0.15) is 0 Å². The highest BCUT2D eigenvalue weighted by atomic mass is 35.5. The molecule has 6 rings (SSSR count). The van der Waals surface area contributed by atoms with Crippen LogP contribution in [-0.4, -0.2) is 31.2 Å². The summed E-state index contributed by atoms with van der Waals surface area (Å²) in [6, 6.07) is 34.7. The molecule has 2 aliphatic heterocycles. The van der Waals surface area contributed by atoms with E-state index in [9.17, 15) is 0 Å². The van der Waals surface area contributed by atoms with Gasteiger partial charge in [0.25, 0.3) is 0 Å². The van der Waals surface area contributed by atoms with Crippen LogP contribution in [0.4, 0.5) is 0 Å². The zero-order valence-electron chi connectivity index (χ0n) is 23.2. The molecule has 212 valence electrons. The van der Waals surface area contributed by atoms with Crippen molar-refractivity contribution in [3.63, 3.8) is 0 Å². The fraction of sp³-hybridized carbons (Fsp3) is 0.314. The molecule has 3 unspecified atom stereocenters. The van der Waals surface area contributed by atoms with Gasteiger partial charge >= 0.3 is 0 Å². The topological polar surface area (TPSA) is 49.5 Å². The first kappa shape index (κ1) is 28.0. The van der Waals surface area contributed by atoms with Crippen molar-refractivity contribution >= 4 is 11.6 Å². The van der Waals surface area contributed by atoms with Crippen LogP contribution in [0.5, 0.6) is 5.75 Å². The Morgan fingerprint density at radius 1 is 0.805 bits per heavy atom. The highest BCUT2D eigenvalue weighted by Crippen LogP contribution is 2.48. The van der Waals surface area contributed by atoms with Gasteiger partial charge in [-0.1, -0.05) is 96.5 Å². The Bertz CT molecular complexity index is 1410. The maximum Gasteiger partial charge on any atom is 0.222 e. The molecule has 6 heteroatoms. The van der Waals surface area contributed by atoms with E-state index in [-0.39, 0.29) is 18.3 Å². The maximum atomic E-state index is 6.67. The Kier molecular flexibility index (Phi) is 8.70. The first-order valence-corrected chi connectivity index (χ1v) is 14.6. The molecule has 2 aliphatic rings. The summed E-state index contributed by atoms with van der Waals surface area (Å²) in [5.41, 5.74) is 5.49. The summed E-state index contributed by atoms with van der Waals surface area (Å²) in [7, 11) is 0. The van der Waals surface area contributed by atoms with E-state index in [1.807, 2.05) is 67.6 Å². The number of benzene rings is 4. The molecule has 2 heterocycles. The number of epoxide rings is 1. The zero-order valence-corrected chi connectivity index (χ0v) is 24.0. The molecule has 0 aromatic heterocycles. The van der Waals surface area contributed by atoms with Crippen molar-refractivity contribution in [3.8, 4) is 5.75 Å². The molecule has 2 fully saturated rings. The third-order valence-electron chi connectivity index (χ3n) is 7.64. The second-order valence-electron chi connectivity index (χ2n) is 10.6. The Morgan fingerprint density at radius 2 is 1.46 bits per heavy atom. The Labute approximate surface area is 246 Å². The van der Waals surface area contributed by atoms with Crippen molar-refractivity contribution in [2.45, 2.75) is 57.1 Å². The molecule has 4 aromatic carbocycles. The molecule has 0 radical (unpaired) electrons. The van der Waals surface area contributed by atoms with Gasteiger partial charge in [0.15, 0.2) is 0 Å². The van der Waals surface area contributed by atoms with Crippen molar-refractivity contribution in [2.75, 3.05) is 13.2 Å². The number of ether oxygens (including phenoxy) is 5. The molecule has 0 aliphatic carbocycles. The molecule has 1 spiro atoms. The second kappa shape index (κ2) is 12.8. The van der Waals surface area contributed by atoms with Crippen LogP contribution >= 0.6 is 11.6 Å². The molecule has 0 amide bonds. The van der Waals surface area contributed by atoms with Gasteiger partial charge in [0.1, 0.15) is 18.5 Å². The van der Waals surface area contributed by atoms with Crippen molar-refractivity contribution in [2.24, 2.45) is 0 Å². The van der Waals surface area contributed by atoms with Gasteiger partial charge in [-0.3, -0.25) is 0 Å². The lowest BCUT2D eigenvalue weighted by atomic mass is 9.92. The van der Waals surface area contributed by atoms with Gasteiger partial charge in [-0.25, -0.2) is 0 Å². The van der Waals surface area contributed by atoms with Crippen LogP contribution < -0.4 is 4.74 Å². The Balaban J connectivity index is 1.22. The number of hydrogen-bond donors (Lipinski definition) is 0. The summed E-state index contributed by atoms with van der Waals surface area (Å²) in [4.78, 5) is 0. The lowest BCUT2D eigenvalue weighted by Crippen LogP contribution is -2.51. The maximum absolute atomic E-state index is 6.67. The minimum absolute atomic E-state index is 0.216. The first-order valence-electron chi connectivity index (χ1n) is 14.2. The molecule has 41 heavy (non-hydrogen) atoms. The summed E-state index contributed by atoms with van der Waals surface area (Å²) in [6.45, 7) is 4.05. The van der Waals surface area contributed by atoms with E-state index in [0.717, 1.165) is 38.6 Å². The minimum atomic E-state index is -0.825. The van der Waals surface area contributed by atoms with E-state index in [4.69, 9.17) is 35.3 Å². The number of rotatable bonds is 11. The van der Waals surface area contributed by atoms with Crippen molar-refractivity contribution < 1.29 is 23.7 Å². The summed E-state index contributed by atoms with van der Waals surface area (Å²) in [5, 5.41) is 0.733. The molecule has 0 N–H and O–H groups in total. The Hall–Kier alpha value is -3.19. The molecule has 0 saturated carbocycles. The van der Waals surface area contributed by atoms with Gasteiger partial charge in [0.05, 0.1) is 32.0 Å². The highest BCUT2D eigenvalue weighted by molar-refractivity contribution is 6.31. The van der Waals surface area contributed by atoms with Crippen LogP contribution in [0.2, 0.25) is 5.02 Å². The lowest BCUT2D eigenvalue weighted by Gasteiger charge is -2.40. The van der Waals surface area contributed by atoms with Crippen LogP contribution in [0, 0.1) is 0 Å². The minimum Gasteiger partial charge on any atom is -0.494 e. The normalized spacial score (nSPS) is 23.4. The molecule has 2 saturated heterocycles. The van der Waals surface area contributed by atoms with Crippen molar-refractivity contribution in [1.82, 2.24) is 0 Å². The van der Waals surface area contributed by atoms with Crippen molar-refractivity contribution in [3.05, 3.63) is 136 Å². The van der Waals surface area contributed by atoms with E-state index in [1.165, 1.54) is 0 Å². The molecular weight excluding hydrogens is 536 g/mol. The van der Waals surface area contributed by atoms with Crippen LogP contribution in [0.3, 0.4) is 0 Å². The summed E-state index contributed by atoms with van der Waals surface area (Å²) in [5.74, 6) is 0.0422. The van der Waals surface area contributed by atoms with Gasteiger partial charge in [-0.05, 0) is 59.4 Å². The van der Waals surface area contributed by atoms with E-state index in [1.54, 1.807) is 0 Å². The van der Waals surface area contributed by atoms with E-state index < -0.39 is 5.79 Å². The number of halogens is 1. The second-order valence-corrected chi connectivity index (χ2v) is 11.0. The summed E-state index contributed by atoms with van der Waals surface area (Å²) >= 11 is 6.67. The molecule has 4 aromatic rings. The van der Waals surface area contributed by atoms with Gasteiger partial charge in [0, 0.05) is 11.4 Å². The molecule has 4 atom stereocenters. The van der Waals surface area contributed by atoms with Crippen LogP contribution in [-0.2, 0) is 38.6 Å². The summed E-state index contributed by atoms with van der Waals surface area (Å²) in [6.07, 6.45) is 0.570. The fourth-order valence-corrected chi connectivity index (χ4v) is 5.61. The van der Waals surface area contributed by atoms with Crippen LogP contribution in [0.25, 0.3) is 0 Å². The van der Waals surface area contributed by atoms with Gasteiger partial charge in [0.2, 0.25) is 5.79 Å². The molecule has 0 bridgehead atoms. The molecular formula is C35H35ClO5. The third-order valence-corrected chi connectivity index (χ3v) is 8.01. The predicted octanol–water partition coefficient (Wildman–Crippen LogP) is 7.69. The third kappa shape index (κ3) is 6.83. The molecule has 5 nitrogen and oxygen atoms in total. The van der Waals surface area contributed by atoms with E-state index in [2.05, 4.69) is 42.5 Å². The zero-order chi connectivity index (χ0) is 28.1. The number of hydrogen-bond acceptors (Lipinski definition) is 5. The standard InChI is InChI=1S/C35H35ClO5/c1-2-37-30-16-13-25(14-17-30)19-29-20-28(15-18-31(29)36)32-21-33(38-22-26-9-5-3-6-10-26)34(35(41-32)24-40-35)39-23-27-11-7-4-8-12-27/h3-18,20,32-34H,2,19,21-24H2,1H3/t32?,33?,34-,35?/m0/s1. The SMILES string of the molecule is CCOc1ccc(Cc2cc(C3CC(OCc4ccccc4)[C@H](OCc4ccccc4)C4(CO4)O3)ccc2Cl)cc1. The fourth-order valence-electron chi connectivity index (χ4n) is 5.43. The van der Waals surface area contributed by atoms with Crippen LogP contribution in [0.15, 0.2) is 103 Å². The van der Waals surface area contributed by atoms with E-state index >= 15 is 0 Å². The first-order chi connectivity index (χ1) is 20.1. The average Bonchev–Trinajstić information content (AvgIpc) is 3.78. The predicted molar refractivity (Wildman–Crippen MR) is 159 cm³/mol. The van der Waals surface area contributed by atoms with Gasteiger partial charge in [-0.15, -0.1) is 0 Å². The summed E-state index contributed by atoms with van der Waals surface area (Å²) < 4.78 is 31.3. The monoisotopic (exact) mass is 570 g/mol. The highest BCUT2D eigenvalue weighted by Gasteiger charge is 2.62.